The van der Waals surface area contributed by atoms with E-state index >= 15 is 0 Å². The maximum atomic E-state index is 12.6. The van der Waals surface area contributed by atoms with Crippen molar-refractivity contribution in [2.75, 3.05) is 13.1 Å². The Balaban J connectivity index is 1.48. The SMILES string of the molecule is Cc1ccc(CN2CCc3nnc(C(NC(=O)c4ccoc4)C(C)C)n3CC2)cc1C. The Morgan fingerprint density at radius 2 is 1.97 bits per heavy atom. The van der Waals surface area contributed by atoms with Gasteiger partial charge in [0.15, 0.2) is 5.82 Å². The fourth-order valence-electron chi connectivity index (χ4n) is 4.08. The molecule has 3 heterocycles. The van der Waals surface area contributed by atoms with Crippen LogP contribution in [0.2, 0.25) is 0 Å². The van der Waals surface area contributed by atoms with Crippen molar-refractivity contribution in [2.45, 2.75) is 53.2 Å². The Labute approximate surface area is 183 Å². The molecule has 1 atom stereocenters. The Hall–Kier alpha value is -2.93. The lowest BCUT2D eigenvalue weighted by atomic mass is 10.0. The van der Waals surface area contributed by atoms with Crippen molar-refractivity contribution in [3.63, 3.8) is 0 Å². The number of benzene rings is 1. The predicted molar refractivity (Wildman–Crippen MR) is 119 cm³/mol. The third kappa shape index (κ3) is 4.71. The van der Waals surface area contributed by atoms with Crippen LogP contribution in [0.15, 0.2) is 41.2 Å². The molecule has 3 aromatic rings. The van der Waals surface area contributed by atoms with Gasteiger partial charge >= 0.3 is 0 Å². The van der Waals surface area contributed by atoms with Crippen LogP contribution in [-0.4, -0.2) is 38.7 Å². The summed E-state index contributed by atoms with van der Waals surface area (Å²) < 4.78 is 7.25. The van der Waals surface area contributed by atoms with Crippen molar-refractivity contribution >= 4 is 5.91 Å². The summed E-state index contributed by atoms with van der Waals surface area (Å²) in [6.45, 7) is 12.1. The van der Waals surface area contributed by atoms with Crippen molar-refractivity contribution in [1.82, 2.24) is 25.0 Å². The molecule has 1 aliphatic heterocycles. The largest absolute Gasteiger partial charge is 0.472 e. The molecule has 0 bridgehead atoms. The average molecular weight is 422 g/mol. The molecule has 2 aromatic heterocycles. The van der Waals surface area contributed by atoms with Gasteiger partial charge in [0.2, 0.25) is 0 Å². The number of carbonyl (C=O) groups excluding carboxylic acids is 1. The number of amides is 1. The molecule has 31 heavy (non-hydrogen) atoms. The normalized spacial score (nSPS) is 15.5. The number of rotatable bonds is 6. The van der Waals surface area contributed by atoms with E-state index in [1.54, 1.807) is 6.07 Å². The minimum atomic E-state index is -0.213. The van der Waals surface area contributed by atoms with Crippen molar-refractivity contribution in [1.29, 1.82) is 0 Å². The van der Waals surface area contributed by atoms with E-state index in [0.717, 1.165) is 44.2 Å². The number of furan rings is 1. The maximum Gasteiger partial charge on any atom is 0.255 e. The fourth-order valence-corrected chi connectivity index (χ4v) is 4.08. The number of nitrogens with zero attached hydrogens (tertiary/aromatic N) is 4. The molecule has 4 rings (SSSR count). The van der Waals surface area contributed by atoms with Crippen molar-refractivity contribution < 1.29 is 9.21 Å². The van der Waals surface area contributed by atoms with Crippen LogP contribution < -0.4 is 5.32 Å². The molecule has 0 radical (unpaired) electrons. The smallest absolute Gasteiger partial charge is 0.255 e. The van der Waals surface area contributed by atoms with Gasteiger partial charge in [-0.1, -0.05) is 32.0 Å². The molecule has 1 unspecified atom stereocenters. The Morgan fingerprint density at radius 3 is 2.68 bits per heavy atom. The molecular formula is C24H31N5O2. The highest BCUT2D eigenvalue weighted by Gasteiger charge is 2.28. The van der Waals surface area contributed by atoms with E-state index in [4.69, 9.17) is 4.42 Å². The van der Waals surface area contributed by atoms with E-state index in [1.165, 1.54) is 29.2 Å². The van der Waals surface area contributed by atoms with E-state index in [2.05, 4.69) is 70.9 Å². The first kappa shape index (κ1) is 21.3. The van der Waals surface area contributed by atoms with Gasteiger partial charge in [0, 0.05) is 32.6 Å². The van der Waals surface area contributed by atoms with E-state index in [0.29, 0.717) is 5.56 Å². The van der Waals surface area contributed by atoms with Crippen LogP contribution in [0.1, 0.15) is 58.6 Å². The number of aryl methyl sites for hydroxylation is 2. The van der Waals surface area contributed by atoms with Crippen molar-refractivity contribution in [3.8, 4) is 0 Å². The van der Waals surface area contributed by atoms with Crippen molar-refractivity contribution in [3.05, 3.63) is 70.7 Å². The third-order valence-corrected chi connectivity index (χ3v) is 6.14. The van der Waals surface area contributed by atoms with Crippen LogP contribution in [0.3, 0.4) is 0 Å². The van der Waals surface area contributed by atoms with Gasteiger partial charge < -0.3 is 14.3 Å². The summed E-state index contributed by atoms with van der Waals surface area (Å²) in [7, 11) is 0. The summed E-state index contributed by atoms with van der Waals surface area (Å²) in [4.78, 5) is 15.1. The highest BCUT2D eigenvalue weighted by molar-refractivity contribution is 5.94. The molecule has 1 N–H and O–H groups in total. The lowest BCUT2D eigenvalue weighted by molar-refractivity contribution is 0.0921. The van der Waals surface area contributed by atoms with E-state index in [1.807, 2.05) is 0 Å². The Kier molecular flexibility index (Phi) is 6.23. The van der Waals surface area contributed by atoms with E-state index in [-0.39, 0.29) is 17.9 Å². The molecule has 7 nitrogen and oxygen atoms in total. The van der Waals surface area contributed by atoms with Crippen LogP contribution in [0.25, 0.3) is 0 Å². The lowest BCUT2D eigenvalue weighted by Crippen LogP contribution is -2.34. The van der Waals surface area contributed by atoms with Crippen LogP contribution in [0, 0.1) is 19.8 Å². The van der Waals surface area contributed by atoms with E-state index in [9.17, 15) is 4.79 Å². The number of aromatic nitrogens is 3. The van der Waals surface area contributed by atoms with Crippen LogP contribution in [0.4, 0.5) is 0 Å². The standard InChI is InChI=1S/C24H31N5O2/c1-16(2)22(25-24(30)20-8-12-31-15-20)23-27-26-21-7-9-28(10-11-29(21)23)14-19-6-5-17(3)18(4)13-19/h5-6,8,12-13,15-16,22H,7,9-11,14H2,1-4H3,(H,25,30). The molecule has 1 aromatic carbocycles. The Bertz CT molecular complexity index is 1040. The zero-order chi connectivity index (χ0) is 22.0. The summed E-state index contributed by atoms with van der Waals surface area (Å²) >= 11 is 0. The minimum Gasteiger partial charge on any atom is -0.472 e. The second-order valence-electron chi connectivity index (χ2n) is 8.78. The zero-order valence-electron chi connectivity index (χ0n) is 18.8. The van der Waals surface area contributed by atoms with Gasteiger partial charge in [0.05, 0.1) is 17.9 Å². The van der Waals surface area contributed by atoms with Gasteiger partial charge in [-0.3, -0.25) is 9.69 Å². The molecule has 1 amide bonds. The van der Waals surface area contributed by atoms with Gasteiger partial charge in [-0.15, -0.1) is 10.2 Å². The zero-order valence-corrected chi connectivity index (χ0v) is 18.8. The van der Waals surface area contributed by atoms with Gasteiger partial charge in [-0.2, -0.15) is 0 Å². The second-order valence-corrected chi connectivity index (χ2v) is 8.78. The highest BCUT2D eigenvalue weighted by Crippen LogP contribution is 2.23. The quantitative estimate of drug-likeness (QED) is 0.657. The van der Waals surface area contributed by atoms with E-state index < -0.39 is 0 Å². The summed E-state index contributed by atoms with van der Waals surface area (Å²) in [6.07, 6.45) is 3.81. The molecule has 0 saturated carbocycles. The van der Waals surface area contributed by atoms with Gasteiger partial charge in [-0.05, 0) is 42.5 Å². The summed E-state index contributed by atoms with van der Waals surface area (Å²) in [5, 5.41) is 12.1. The molecule has 0 spiro atoms. The first-order valence-electron chi connectivity index (χ1n) is 11.0. The van der Waals surface area contributed by atoms with Crippen LogP contribution in [0.5, 0.6) is 0 Å². The first-order valence-corrected chi connectivity index (χ1v) is 11.0. The molecule has 1 aliphatic rings. The topological polar surface area (TPSA) is 76.2 Å². The van der Waals surface area contributed by atoms with Crippen LogP contribution >= 0.6 is 0 Å². The first-order chi connectivity index (χ1) is 14.9. The summed E-state index contributed by atoms with van der Waals surface area (Å²) in [6, 6.07) is 8.16. The average Bonchev–Trinajstić information content (AvgIpc) is 3.37. The van der Waals surface area contributed by atoms with Crippen molar-refractivity contribution in [2.24, 2.45) is 5.92 Å². The molecule has 164 valence electrons. The van der Waals surface area contributed by atoms with Gasteiger partial charge in [-0.25, -0.2) is 0 Å². The van der Waals surface area contributed by atoms with Crippen LogP contribution in [-0.2, 0) is 19.5 Å². The third-order valence-electron chi connectivity index (χ3n) is 6.14. The minimum absolute atomic E-state index is 0.158. The monoisotopic (exact) mass is 421 g/mol. The predicted octanol–water partition coefficient (Wildman–Crippen LogP) is 3.67. The number of nitrogens with one attached hydrogen (secondary N) is 1. The summed E-state index contributed by atoms with van der Waals surface area (Å²) in [5.41, 5.74) is 4.52. The lowest BCUT2D eigenvalue weighted by Gasteiger charge is -2.23. The molecule has 7 heteroatoms. The molecule has 0 fully saturated rings. The highest BCUT2D eigenvalue weighted by atomic mass is 16.3. The number of carbonyl (C=O) groups is 1. The summed E-state index contributed by atoms with van der Waals surface area (Å²) in [5.74, 6) is 1.84. The van der Waals surface area contributed by atoms with Gasteiger partial charge in [0.1, 0.15) is 12.1 Å². The molecule has 0 saturated heterocycles. The van der Waals surface area contributed by atoms with Gasteiger partial charge in [0.25, 0.3) is 5.91 Å². The maximum absolute atomic E-state index is 12.6. The number of fused-ring (bicyclic) bond motifs is 1. The fraction of sp³-hybridized carbons (Fsp3) is 0.458. The molecule has 0 aliphatic carbocycles. The Morgan fingerprint density at radius 1 is 1.13 bits per heavy atom. The number of hydrogen-bond donors (Lipinski definition) is 1. The molecular weight excluding hydrogens is 390 g/mol. The number of hydrogen-bond acceptors (Lipinski definition) is 5. The second kappa shape index (κ2) is 9.06.